The van der Waals surface area contributed by atoms with Gasteiger partial charge in [-0.3, -0.25) is 4.55 Å². The van der Waals surface area contributed by atoms with Crippen LogP contribution >= 0.6 is 0 Å². The van der Waals surface area contributed by atoms with Gasteiger partial charge in [-0.15, -0.1) is 0 Å². The Labute approximate surface area is 111 Å². The van der Waals surface area contributed by atoms with Gasteiger partial charge in [0.25, 0.3) is 10.1 Å². The molecule has 0 unspecified atom stereocenters. The summed E-state index contributed by atoms with van der Waals surface area (Å²) in [7, 11) is -3.70. The van der Waals surface area contributed by atoms with Crippen LogP contribution in [0.4, 0.5) is 0 Å². The molecule has 0 spiro atoms. The maximum Gasteiger partial charge on any atom is 0.264 e. The number of hydrogen-bond donors (Lipinski definition) is 1. The van der Waals surface area contributed by atoms with E-state index in [0.29, 0.717) is 6.42 Å². The summed E-state index contributed by atoms with van der Waals surface area (Å²) >= 11 is 0. The molecule has 0 atom stereocenters. The second-order valence-electron chi connectivity index (χ2n) is 1.99. The molecule has 5 heteroatoms. The number of rotatable bonds is 4. The molecule has 0 aromatic rings. The van der Waals surface area contributed by atoms with Crippen molar-refractivity contribution in [3.63, 3.8) is 0 Å². The molecule has 0 aliphatic heterocycles. The molecule has 0 aliphatic rings. The van der Waals surface area contributed by atoms with E-state index in [0.717, 1.165) is 12.8 Å². The topological polar surface area (TPSA) is 54.4 Å². The summed E-state index contributed by atoms with van der Waals surface area (Å²) < 4.78 is 28.3. The molecule has 0 aromatic carbocycles. The first-order valence-corrected chi connectivity index (χ1v) is 4.62. The van der Waals surface area contributed by atoms with Crippen LogP contribution in [0.25, 0.3) is 0 Å². The number of hydrogen-bond acceptors (Lipinski definition) is 2. The molecule has 1 N–H and O–H groups in total. The summed E-state index contributed by atoms with van der Waals surface area (Å²) in [5, 5.41) is 0. The monoisotopic (exact) mass is 237 g/mol. The Morgan fingerprint density at radius 3 is 2.10 bits per heavy atom. The van der Waals surface area contributed by atoms with Crippen LogP contribution in [-0.4, -0.2) is 76.9 Å². The second-order valence-corrected chi connectivity index (χ2v) is 3.57. The van der Waals surface area contributed by atoms with Crippen molar-refractivity contribution >= 4 is 68.3 Å². The van der Waals surface area contributed by atoms with Crippen molar-refractivity contribution in [2.24, 2.45) is 0 Å². The van der Waals surface area contributed by atoms with E-state index >= 15 is 0 Å². The van der Waals surface area contributed by atoms with Crippen molar-refractivity contribution in [3.05, 3.63) is 0 Å². The Bertz CT molecular complexity index is 152. The van der Waals surface area contributed by atoms with E-state index in [1.54, 1.807) is 0 Å². The third kappa shape index (κ3) is 12.4. The first-order chi connectivity index (χ1) is 4.06. The minimum atomic E-state index is -3.70. The van der Waals surface area contributed by atoms with Crippen molar-refractivity contribution in [3.8, 4) is 0 Å². The van der Waals surface area contributed by atoms with Gasteiger partial charge >= 0.3 is 0 Å². The van der Waals surface area contributed by atoms with E-state index in [1.165, 1.54) is 0 Å². The molecule has 10 heavy (non-hydrogen) atoms. The van der Waals surface area contributed by atoms with Gasteiger partial charge in [0.2, 0.25) is 0 Å². The van der Waals surface area contributed by atoms with Gasteiger partial charge in [-0.1, -0.05) is 19.8 Å². The fourth-order valence-corrected chi connectivity index (χ4v) is 1.10. The van der Waals surface area contributed by atoms with Crippen LogP contribution in [0.5, 0.6) is 0 Å². The van der Waals surface area contributed by atoms with Gasteiger partial charge in [0.05, 0.1) is 5.75 Å². The second kappa shape index (κ2) is 7.37. The van der Waals surface area contributed by atoms with E-state index in [4.69, 9.17) is 4.55 Å². The third-order valence-electron chi connectivity index (χ3n) is 1.01. The Morgan fingerprint density at radius 2 is 1.80 bits per heavy atom. The van der Waals surface area contributed by atoms with Crippen molar-refractivity contribution in [1.82, 2.24) is 0 Å². The smallest absolute Gasteiger partial charge is 0.264 e. The first-order valence-electron chi connectivity index (χ1n) is 3.01. The Balaban J connectivity index is 0. The normalized spacial score (nSPS) is 10.6. The molecular formula is C5H12O3RbS. The van der Waals surface area contributed by atoms with Gasteiger partial charge in [-0.2, -0.15) is 8.42 Å². The predicted molar refractivity (Wildman–Crippen MR) is 41.7 cm³/mol. The standard InChI is InChI=1S/C5H12O3S.Rb/c1-2-3-4-5-9(6,7)8;/h2-5H2,1H3,(H,6,7,8);. The average molecular weight is 238 g/mol. The van der Waals surface area contributed by atoms with E-state index < -0.39 is 10.1 Å². The molecule has 0 saturated carbocycles. The molecule has 0 fully saturated rings. The molecule has 0 aliphatic carbocycles. The summed E-state index contributed by atoms with van der Waals surface area (Å²) in [4.78, 5) is 0. The third-order valence-corrected chi connectivity index (χ3v) is 1.81. The van der Waals surface area contributed by atoms with E-state index in [9.17, 15) is 8.42 Å². The fourth-order valence-electron chi connectivity index (χ4n) is 0.534. The van der Waals surface area contributed by atoms with E-state index in [-0.39, 0.29) is 63.9 Å². The van der Waals surface area contributed by atoms with Gasteiger partial charge < -0.3 is 0 Å². The van der Waals surface area contributed by atoms with E-state index in [2.05, 4.69) is 0 Å². The molecule has 0 bridgehead atoms. The van der Waals surface area contributed by atoms with Gasteiger partial charge in [0, 0.05) is 58.2 Å². The molecule has 0 saturated heterocycles. The zero-order valence-electron chi connectivity index (χ0n) is 6.50. The van der Waals surface area contributed by atoms with Gasteiger partial charge in [0.15, 0.2) is 0 Å². The zero-order chi connectivity index (χ0) is 7.33. The Hall–Kier alpha value is 1.72. The quantitative estimate of drug-likeness (QED) is 0.578. The van der Waals surface area contributed by atoms with Gasteiger partial charge in [-0.25, -0.2) is 0 Å². The molecule has 1 radical (unpaired) electrons. The van der Waals surface area contributed by atoms with Crippen LogP contribution < -0.4 is 0 Å². The SMILES string of the molecule is CCCCCS(=O)(=O)O.[Rb]. The zero-order valence-corrected chi connectivity index (χ0v) is 12.2. The minimum absolute atomic E-state index is 0. The fraction of sp³-hybridized carbons (Fsp3) is 1.00. The molecule has 0 heterocycles. The predicted octanol–water partition coefficient (Wildman–Crippen LogP) is 0.684. The molecule has 0 aromatic heterocycles. The Morgan fingerprint density at radius 1 is 1.30 bits per heavy atom. The van der Waals surface area contributed by atoms with Crippen molar-refractivity contribution < 1.29 is 13.0 Å². The molecule has 57 valence electrons. The average Bonchev–Trinajstić information content (AvgIpc) is 1.63. The summed E-state index contributed by atoms with van der Waals surface area (Å²) in [5.41, 5.74) is 0. The van der Waals surface area contributed by atoms with Gasteiger partial charge in [-0.05, 0) is 6.42 Å². The molecule has 0 amide bonds. The van der Waals surface area contributed by atoms with E-state index in [1.807, 2.05) is 6.92 Å². The van der Waals surface area contributed by atoms with Crippen molar-refractivity contribution in [2.75, 3.05) is 5.75 Å². The maximum absolute atomic E-state index is 10.1. The van der Waals surface area contributed by atoms with Crippen LogP contribution in [0.2, 0.25) is 0 Å². The summed E-state index contributed by atoms with van der Waals surface area (Å²) in [5.74, 6) is -0.0964. The molecular weight excluding hydrogens is 226 g/mol. The minimum Gasteiger partial charge on any atom is -0.286 e. The van der Waals surface area contributed by atoms with Gasteiger partial charge in [0.1, 0.15) is 0 Å². The van der Waals surface area contributed by atoms with Crippen LogP contribution in [0.15, 0.2) is 0 Å². The van der Waals surface area contributed by atoms with Crippen molar-refractivity contribution in [1.29, 1.82) is 0 Å². The van der Waals surface area contributed by atoms with Crippen molar-refractivity contribution in [2.45, 2.75) is 26.2 Å². The molecule has 0 rings (SSSR count). The first kappa shape index (κ1) is 14.3. The molecule has 3 nitrogen and oxygen atoms in total. The Kier molecular flexibility index (Phi) is 10.5. The van der Waals surface area contributed by atoms with Crippen LogP contribution in [0, 0.1) is 0 Å². The summed E-state index contributed by atoms with van der Waals surface area (Å²) in [6.07, 6.45) is 2.39. The number of unbranched alkanes of at least 4 members (excludes halogenated alkanes) is 2. The maximum atomic E-state index is 10.1. The largest absolute Gasteiger partial charge is 0.286 e. The summed E-state index contributed by atoms with van der Waals surface area (Å²) in [6.45, 7) is 1.98. The summed E-state index contributed by atoms with van der Waals surface area (Å²) in [6, 6.07) is 0. The van der Waals surface area contributed by atoms with Crippen LogP contribution in [-0.2, 0) is 10.1 Å². The van der Waals surface area contributed by atoms with Crippen LogP contribution in [0.1, 0.15) is 26.2 Å². The van der Waals surface area contributed by atoms with Crippen LogP contribution in [0.3, 0.4) is 0 Å².